The smallest absolute Gasteiger partial charge is 0.111 e. The predicted octanol–water partition coefficient (Wildman–Crippen LogP) is -0.954. The fourth-order valence-corrected chi connectivity index (χ4v) is 2.18. The van der Waals surface area contributed by atoms with Crippen LogP contribution in [-0.4, -0.2) is 64.2 Å². The van der Waals surface area contributed by atoms with Gasteiger partial charge in [0.2, 0.25) is 0 Å². The molecule has 6 heteroatoms. The highest BCUT2D eigenvalue weighted by atomic mass is 16.6. The van der Waals surface area contributed by atoms with Gasteiger partial charge in [0.05, 0.1) is 19.8 Å². The number of ether oxygens (including phenoxy) is 2. The third-order valence-electron chi connectivity index (χ3n) is 3.38. The monoisotopic (exact) mass is 284 g/mol. The van der Waals surface area contributed by atoms with E-state index in [-0.39, 0.29) is 6.61 Å². The molecule has 1 heterocycles. The largest absolute Gasteiger partial charge is 0.394 e. The zero-order valence-electron chi connectivity index (χ0n) is 11.0. The molecule has 0 radical (unpaired) electrons. The van der Waals surface area contributed by atoms with Gasteiger partial charge in [-0.3, -0.25) is 0 Å². The van der Waals surface area contributed by atoms with Gasteiger partial charge in [0.25, 0.3) is 0 Å². The molecule has 0 spiro atoms. The second-order valence-corrected chi connectivity index (χ2v) is 4.87. The molecule has 5 atom stereocenters. The Morgan fingerprint density at radius 3 is 2.25 bits per heavy atom. The van der Waals surface area contributed by atoms with Crippen molar-refractivity contribution in [3.63, 3.8) is 0 Å². The van der Waals surface area contributed by atoms with Gasteiger partial charge in [-0.1, -0.05) is 30.3 Å². The first kappa shape index (κ1) is 15.4. The van der Waals surface area contributed by atoms with E-state index in [9.17, 15) is 15.3 Å². The molecule has 20 heavy (non-hydrogen) atoms. The fourth-order valence-electron chi connectivity index (χ4n) is 2.18. The van der Waals surface area contributed by atoms with E-state index >= 15 is 0 Å². The maximum Gasteiger partial charge on any atom is 0.111 e. The van der Waals surface area contributed by atoms with Crippen LogP contribution in [0.1, 0.15) is 5.56 Å². The maximum atomic E-state index is 9.82. The summed E-state index contributed by atoms with van der Waals surface area (Å²) in [6.45, 7) is -0.00761. The molecule has 1 fully saturated rings. The van der Waals surface area contributed by atoms with Crippen LogP contribution in [0.15, 0.2) is 30.3 Å². The molecule has 1 aliphatic heterocycles. The summed E-state index contributed by atoms with van der Waals surface area (Å²) in [4.78, 5) is 0. The van der Waals surface area contributed by atoms with E-state index in [1.165, 1.54) is 0 Å². The van der Waals surface area contributed by atoms with Crippen molar-refractivity contribution in [1.29, 1.82) is 0 Å². The zero-order chi connectivity index (χ0) is 14.5. The van der Waals surface area contributed by atoms with Crippen LogP contribution in [0.2, 0.25) is 0 Å². The Balaban J connectivity index is 1.85. The Kier molecular flexibility index (Phi) is 5.47. The minimum absolute atomic E-state index is 0.0658. The second-order valence-electron chi connectivity index (χ2n) is 4.87. The molecule has 2 rings (SSSR count). The fraction of sp³-hybridized carbons (Fsp3) is 0.571. The van der Waals surface area contributed by atoms with Crippen molar-refractivity contribution >= 4 is 0 Å². The van der Waals surface area contributed by atoms with Crippen molar-refractivity contribution in [2.24, 2.45) is 0 Å². The average molecular weight is 284 g/mol. The molecule has 0 amide bonds. The maximum absolute atomic E-state index is 9.82. The predicted molar refractivity (Wildman–Crippen MR) is 69.9 cm³/mol. The third kappa shape index (κ3) is 3.54. The summed E-state index contributed by atoms with van der Waals surface area (Å²) in [5, 5.41) is 38.2. The van der Waals surface area contributed by atoms with Crippen molar-refractivity contribution in [2.75, 3.05) is 13.2 Å². The van der Waals surface area contributed by atoms with Crippen molar-refractivity contribution in [3.05, 3.63) is 35.9 Å². The van der Waals surface area contributed by atoms with E-state index in [4.69, 9.17) is 14.6 Å². The Hall–Kier alpha value is -1.02. The van der Waals surface area contributed by atoms with Crippen LogP contribution in [0.25, 0.3) is 0 Å². The van der Waals surface area contributed by atoms with Gasteiger partial charge in [-0.25, -0.2) is 0 Å². The molecule has 6 nitrogen and oxygen atoms in total. The van der Waals surface area contributed by atoms with Crippen LogP contribution >= 0.6 is 0 Å². The first-order valence-corrected chi connectivity index (χ1v) is 6.55. The summed E-state index contributed by atoms with van der Waals surface area (Å²) >= 11 is 0. The van der Waals surface area contributed by atoms with Gasteiger partial charge in [0.15, 0.2) is 0 Å². The Morgan fingerprint density at radius 1 is 0.950 bits per heavy atom. The number of hydrogen-bond donors (Lipinski definition) is 4. The average Bonchev–Trinajstić information content (AvgIpc) is 2.48. The van der Waals surface area contributed by atoms with Gasteiger partial charge in [0, 0.05) is 0 Å². The lowest BCUT2D eigenvalue weighted by atomic mass is 9.95. The van der Waals surface area contributed by atoms with E-state index < -0.39 is 37.1 Å². The van der Waals surface area contributed by atoms with E-state index in [1.54, 1.807) is 0 Å². The Labute approximate surface area is 117 Å². The summed E-state index contributed by atoms with van der Waals surface area (Å²) in [7, 11) is 0. The SMILES string of the molecule is OC[C@@H]1O[C@H](COCc2ccccc2)C(O)[C@H](O)C1O. The Bertz CT molecular complexity index is 396. The van der Waals surface area contributed by atoms with Crippen LogP contribution in [-0.2, 0) is 16.1 Å². The highest BCUT2D eigenvalue weighted by Crippen LogP contribution is 2.21. The third-order valence-corrected chi connectivity index (χ3v) is 3.38. The Morgan fingerprint density at radius 2 is 1.60 bits per heavy atom. The first-order valence-electron chi connectivity index (χ1n) is 6.55. The number of aliphatic hydroxyl groups excluding tert-OH is 4. The lowest BCUT2D eigenvalue weighted by molar-refractivity contribution is -0.239. The van der Waals surface area contributed by atoms with Gasteiger partial charge >= 0.3 is 0 Å². The molecule has 2 unspecified atom stereocenters. The molecule has 0 bridgehead atoms. The minimum Gasteiger partial charge on any atom is -0.394 e. The van der Waals surface area contributed by atoms with Gasteiger partial charge in [-0.05, 0) is 5.56 Å². The number of rotatable bonds is 5. The molecule has 0 aromatic heterocycles. The van der Waals surface area contributed by atoms with Crippen molar-refractivity contribution in [3.8, 4) is 0 Å². The van der Waals surface area contributed by atoms with Crippen molar-refractivity contribution in [1.82, 2.24) is 0 Å². The van der Waals surface area contributed by atoms with Crippen LogP contribution in [0.5, 0.6) is 0 Å². The summed E-state index contributed by atoms with van der Waals surface area (Å²) < 4.78 is 10.8. The molecule has 1 saturated heterocycles. The lowest BCUT2D eigenvalue weighted by Crippen LogP contribution is -2.59. The molecular formula is C14H20O6. The van der Waals surface area contributed by atoms with E-state index in [0.29, 0.717) is 6.61 Å². The molecule has 112 valence electrons. The highest BCUT2D eigenvalue weighted by Gasteiger charge is 2.43. The van der Waals surface area contributed by atoms with Gasteiger partial charge in [-0.15, -0.1) is 0 Å². The summed E-state index contributed by atoms with van der Waals surface area (Å²) in [5.41, 5.74) is 0.983. The number of benzene rings is 1. The topological polar surface area (TPSA) is 99.4 Å². The number of hydrogen-bond acceptors (Lipinski definition) is 6. The normalized spacial score (nSPS) is 34.1. The van der Waals surface area contributed by atoms with Crippen molar-refractivity contribution in [2.45, 2.75) is 37.1 Å². The lowest BCUT2D eigenvalue weighted by Gasteiger charge is -2.39. The van der Waals surface area contributed by atoms with E-state index in [2.05, 4.69) is 0 Å². The van der Waals surface area contributed by atoms with Crippen LogP contribution in [0, 0.1) is 0 Å². The molecule has 0 aliphatic carbocycles. The van der Waals surface area contributed by atoms with Crippen molar-refractivity contribution < 1.29 is 29.9 Å². The van der Waals surface area contributed by atoms with Crippen LogP contribution < -0.4 is 0 Å². The number of aliphatic hydroxyl groups is 4. The molecule has 1 aromatic carbocycles. The second kappa shape index (κ2) is 7.12. The van der Waals surface area contributed by atoms with Crippen LogP contribution in [0.3, 0.4) is 0 Å². The standard InChI is InChI=1S/C14H20O6/c15-6-10-12(16)14(18)13(17)11(20-10)8-19-7-9-4-2-1-3-5-9/h1-5,10-18H,6-8H2/t10-,11+,12?,13?,14+/m0/s1. The summed E-state index contributed by atoms with van der Waals surface area (Å²) in [5.74, 6) is 0. The van der Waals surface area contributed by atoms with E-state index in [1.807, 2.05) is 30.3 Å². The molecule has 4 N–H and O–H groups in total. The molecule has 0 saturated carbocycles. The molecule has 1 aliphatic rings. The zero-order valence-corrected chi connectivity index (χ0v) is 11.0. The molecular weight excluding hydrogens is 264 g/mol. The van der Waals surface area contributed by atoms with Gasteiger partial charge in [-0.2, -0.15) is 0 Å². The minimum atomic E-state index is -1.36. The van der Waals surface area contributed by atoms with Gasteiger partial charge < -0.3 is 29.9 Å². The van der Waals surface area contributed by atoms with E-state index in [0.717, 1.165) is 5.56 Å². The van der Waals surface area contributed by atoms with Gasteiger partial charge in [0.1, 0.15) is 30.5 Å². The summed E-state index contributed by atoms with van der Waals surface area (Å²) in [6.07, 6.45) is -5.61. The first-order chi connectivity index (χ1) is 9.63. The quantitative estimate of drug-likeness (QED) is 0.556. The van der Waals surface area contributed by atoms with Crippen LogP contribution in [0.4, 0.5) is 0 Å². The highest BCUT2D eigenvalue weighted by molar-refractivity contribution is 5.13. The summed E-state index contributed by atoms with van der Waals surface area (Å²) in [6, 6.07) is 9.51. The molecule has 1 aromatic rings.